The molecule has 1 rings (SSSR count). The minimum atomic E-state index is -0.496. The van der Waals surface area contributed by atoms with E-state index in [0.717, 1.165) is 12.8 Å². The van der Waals surface area contributed by atoms with Crippen molar-refractivity contribution in [3.63, 3.8) is 0 Å². The van der Waals surface area contributed by atoms with Gasteiger partial charge in [-0.2, -0.15) is 0 Å². The van der Waals surface area contributed by atoms with E-state index in [9.17, 15) is 9.59 Å². The summed E-state index contributed by atoms with van der Waals surface area (Å²) >= 11 is 0. The second-order valence-corrected chi connectivity index (χ2v) is 6.28. The summed E-state index contributed by atoms with van der Waals surface area (Å²) in [6, 6.07) is -0.496. The van der Waals surface area contributed by atoms with Crippen molar-refractivity contribution in [2.75, 3.05) is 32.8 Å². The Balaban J connectivity index is 2.59. The Labute approximate surface area is 127 Å². The van der Waals surface area contributed by atoms with Crippen LogP contribution >= 0.6 is 0 Å². The number of nitrogens with one attached hydrogen (secondary N) is 1. The smallest absolute Gasteiger partial charge is 0.245 e. The molecule has 0 aromatic rings. The summed E-state index contributed by atoms with van der Waals surface area (Å²) in [4.78, 5) is 26.1. The first-order valence-electron chi connectivity index (χ1n) is 7.76. The van der Waals surface area contributed by atoms with Gasteiger partial charge in [-0.15, -0.1) is 0 Å². The quantitative estimate of drug-likeness (QED) is 0.717. The monoisotopic (exact) mass is 299 g/mol. The summed E-state index contributed by atoms with van der Waals surface area (Å²) in [6.45, 7) is 8.54. The van der Waals surface area contributed by atoms with Crippen LogP contribution in [-0.4, -0.2) is 55.6 Å². The summed E-state index contributed by atoms with van der Waals surface area (Å²) in [6.07, 6.45) is 2.12. The number of ether oxygens (including phenoxy) is 1. The van der Waals surface area contributed by atoms with Crippen molar-refractivity contribution in [1.29, 1.82) is 0 Å². The molecule has 0 aliphatic carbocycles. The molecule has 21 heavy (non-hydrogen) atoms. The maximum Gasteiger partial charge on any atom is 0.245 e. The van der Waals surface area contributed by atoms with Gasteiger partial charge >= 0.3 is 0 Å². The second-order valence-electron chi connectivity index (χ2n) is 6.28. The summed E-state index contributed by atoms with van der Waals surface area (Å²) < 4.78 is 5.34. The van der Waals surface area contributed by atoms with Gasteiger partial charge in [-0.1, -0.05) is 13.8 Å². The molecule has 0 aromatic heterocycles. The number of hydrogen-bond donors (Lipinski definition) is 2. The molecule has 0 radical (unpaired) electrons. The molecule has 2 amide bonds. The third-order valence-corrected chi connectivity index (χ3v) is 3.94. The predicted octanol–water partition coefficient (Wildman–Crippen LogP) is 0.505. The first-order valence-corrected chi connectivity index (χ1v) is 7.76. The van der Waals surface area contributed by atoms with Crippen LogP contribution in [0, 0.1) is 5.41 Å². The lowest BCUT2D eigenvalue weighted by Gasteiger charge is -2.35. The van der Waals surface area contributed by atoms with Crippen molar-refractivity contribution in [3.05, 3.63) is 0 Å². The van der Waals surface area contributed by atoms with Crippen molar-refractivity contribution >= 4 is 11.8 Å². The highest BCUT2D eigenvalue weighted by Crippen LogP contribution is 2.26. The Morgan fingerprint density at radius 3 is 2.71 bits per heavy atom. The first-order chi connectivity index (χ1) is 9.91. The highest BCUT2D eigenvalue weighted by Gasteiger charge is 2.33. The highest BCUT2D eigenvalue weighted by atomic mass is 16.5. The number of carbonyl (C=O) groups excluding carboxylic acids is 2. The summed E-state index contributed by atoms with van der Waals surface area (Å²) in [7, 11) is 0. The van der Waals surface area contributed by atoms with Crippen LogP contribution < -0.4 is 11.1 Å². The average molecular weight is 299 g/mol. The van der Waals surface area contributed by atoms with Gasteiger partial charge in [-0.25, -0.2) is 0 Å². The Morgan fingerprint density at radius 1 is 1.38 bits per heavy atom. The number of nitrogens with zero attached hydrogens (tertiary/aromatic N) is 1. The highest BCUT2D eigenvalue weighted by molar-refractivity contribution is 5.88. The van der Waals surface area contributed by atoms with Gasteiger partial charge in [0.2, 0.25) is 11.8 Å². The Morgan fingerprint density at radius 2 is 2.10 bits per heavy atom. The van der Waals surface area contributed by atoms with E-state index in [1.807, 2.05) is 6.92 Å². The molecule has 122 valence electrons. The second kappa shape index (κ2) is 8.34. The van der Waals surface area contributed by atoms with Gasteiger partial charge in [0, 0.05) is 19.5 Å². The molecule has 1 saturated heterocycles. The summed E-state index contributed by atoms with van der Waals surface area (Å²) in [5.41, 5.74) is 5.65. The molecule has 0 spiro atoms. The van der Waals surface area contributed by atoms with E-state index in [4.69, 9.17) is 10.5 Å². The minimum Gasteiger partial charge on any atom is -0.377 e. The van der Waals surface area contributed by atoms with Crippen molar-refractivity contribution in [2.45, 2.75) is 46.1 Å². The van der Waals surface area contributed by atoms with Gasteiger partial charge in [0.05, 0.1) is 13.2 Å². The predicted molar refractivity (Wildman–Crippen MR) is 81.7 cm³/mol. The molecule has 1 aliphatic heterocycles. The van der Waals surface area contributed by atoms with Crippen LogP contribution in [0.3, 0.4) is 0 Å². The third kappa shape index (κ3) is 5.63. The molecular weight excluding hydrogens is 270 g/mol. The Kier molecular flexibility index (Phi) is 7.11. The molecule has 1 aliphatic rings. The lowest BCUT2D eigenvalue weighted by molar-refractivity contribution is -0.148. The molecule has 1 heterocycles. The van der Waals surface area contributed by atoms with Gasteiger partial charge in [-0.3, -0.25) is 9.59 Å². The van der Waals surface area contributed by atoms with Gasteiger partial charge in [0.1, 0.15) is 6.04 Å². The van der Waals surface area contributed by atoms with Gasteiger partial charge < -0.3 is 20.7 Å². The van der Waals surface area contributed by atoms with Crippen molar-refractivity contribution in [2.24, 2.45) is 11.1 Å². The Hall–Kier alpha value is -1.14. The fourth-order valence-electron chi connectivity index (χ4n) is 2.52. The van der Waals surface area contributed by atoms with Gasteiger partial charge in [0.15, 0.2) is 0 Å². The molecule has 1 atom stereocenters. The molecule has 6 heteroatoms. The number of amides is 2. The number of rotatable bonds is 7. The average Bonchev–Trinajstić information content (AvgIpc) is 2.45. The maximum absolute atomic E-state index is 12.4. The van der Waals surface area contributed by atoms with Crippen LogP contribution in [0.2, 0.25) is 0 Å². The molecule has 0 saturated carbocycles. The topological polar surface area (TPSA) is 84.7 Å². The van der Waals surface area contributed by atoms with Crippen LogP contribution in [0.25, 0.3) is 0 Å². The lowest BCUT2D eigenvalue weighted by atomic mass is 9.84. The fourth-order valence-corrected chi connectivity index (χ4v) is 2.52. The largest absolute Gasteiger partial charge is 0.377 e. The number of hydrogen-bond acceptors (Lipinski definition) is 4. The normalized spacial score (nSPS) is 19.4. The zero-order valence-electron chi connectivity index (χ0n) is 13.5. The van der Waals surface area contributed by atoms with E-state index < -0.39 is 6.04 Å². The number of carbonyl (C=O) groups is 2. The maximum atomic E-state index is 12.4. The van der Waals surface area contributed by atoms with Crippen LogP contribution in [0.4, 0.5) is 0 Å². The van der Waals surface area contributed by atoms with Crippen molar-refractivity contribution in [3.8, 4) is 0 Å². The van der Waals surface area contributed by atoms with Crippen LogP contribution in [0.1, 0.15) is 40.0 Å². The van der Waals surface area contributed by atoms with Crippen molar-refractivity contribution in [1.82, 2.24) is 10.2 Å². The van der Waals surface area contributed by atoms with E-state index in [-0.39, 0.29) is 23.8 Å². The SMILES string of the molecule is CCNC(=O)C1COCCN1C(=O)CCC(C)(C)CCN. The molecule has 3 N–H and O–H groups in total. The zero-order chi connectivity index (χ0) is 15.9. The van der Waals surface area contributed by atoms with Crippen molar-refractivity contribution < 1.29 is 14.3 Å². The third-order valence-electron chi connectivity index (χ3n) is 3.94. The van der Waals surface area contributed by atoms with E-state index in [1.165, 1.54) is 0 Å². The zero-order valence-corrected chi connectivity index (χ0v) is 13.5. The number of likely N-dealkylation sites (N-methyl/N-ethyl adjacent to an activating group) is 1. The fraction of sp³-hybridized carbons (Fsp3) is 0.867. The molecule has 1 fully saturated rings. The number of morpholine rings is 1. The van der Waals surface area contributed by atoms with Gasteiger partial charge in [-0.05, 0) is 31.7 Å². The molecule has 1 unspecified atom stereocenters. The Bertz CT molecular complexity index is 358. The van der Waals surface area contributed by atoms with Gasteiger partial charge in [0.25, 0.3) is 0 Å². The van der Waals surface area contributed by atoms with Crippen LogP contribution in [0.5, 0.6) is 0 Å². The molecule has 0 aromatic carbocycles. The number of nitrogens with two attached hydrogens (primary N) is 1. The van der Waals surface area contributed by atoms with Crippen LogP contribution in [0.15, 0.2) is 0 Å². The standard InChI is InChI=1S/C15H29N3O3/c1-4-17-14(20)12-11-21-10-9-18(12)13(19)5-6-15(2,3)7-8-16/h12H,4-11,16H2,1-3H3,(H,17,20). The molecule has 6 nitrogen and oxygen atoms in total. The summed E-state index contributed by atoms with van der Waals surface area (Å²) in [5.74, 6) is -0.105. The van der Waals surface area contributed by atoms with Crippen LogP contribution in [-0.2, 0) is 14.3 Å². The summed E-state index contributed by atoms with van der Waals surface area (Å²) in [5, 5.41) is 2.76. The molecule has 0 bridgehead atoms. The molecular formula is C15H29N3O3. The van der Waals surface area contributed by atoms with E-state index in [2.05, 4.69) is 19.2 Å². The van der Waals surface area contributed by atoms with E-state index in [0.29, 0.717) is 32.7 Å². The minimum absolute atomic E-state index is 0.0275. The van der Waals surface area contributed by atoms with E-state index in [1.54, 1.807) is 4.90 Å². The lowest BCUT2D eigenvalue weighted by Crippen LogP contribution is -2.55. The first kappa shape index (κ1) is 17.9. The van der Waals surface area contributed by atoms with E-state index >= 15 is 0 Å².